The molecular weight excluding hydrogens is 407 g/mol. The Hall–Kier alpha value is -3.16. The number of halogens is 1. The lowest BCUT2D eigenvalue weighted by molar-refractivity contribution is 0.0783. The number of rotatable bonds is 7. The van der Waals surface area contributed by atoms with E-state index in [0.29, 0.717) is 11.1 Å². The predicted molar refractivity (Wildman–Crippen MR) is 119 cm³/mol. The molecule has 3 aromatic rings. The second kappa shape index (κ2) is 9.97. The molecule has 1 aliphatic rings. The average molecular weight is 435 g/mol. The van der Waals surface area contributed by atoms with E-state index in [2.05, 4.69) is 15.3 Å². The minimum Gasteiger partial charge on any atom is -0.387 e. The first-order valence-electron chi connectivity index (χ1n) is 10.8. The van der Waals surface area contributed by atoms with Gasteiger partial charge in [0.25, 0.3) is 5.91 Å². The first kappa shape index (κ1) is 22.0. The fourth-order valence-corrected chi connectivity index (χ4v) is 4.20. The van der Waals surface area contributed by atoms with Crippen LogP contribution in [-0.2, 0) is 13.0 Å². The summed E-state index contributed by atoms with van der Waals surface area (Å²) >= 11 is 0. The van der Waals surface area contributed by atoms with Crippen LogP contribution in [0.3, 0.4) is 0 Å². The molecule has 3 atom stereocenters. The van der Waals surface area contributed by atoms with Gasteiger partial charge in [-0.1, -0.05) is 24.3 Å². The van der Waals surface area contributed by atoms with E-state index >= 15 is 0 Å². The van der Waals surface area contributed by atoms with E-state index in [1.54, 1.807) is 31.6 Å². The van der Waals surface area contributed by atoms with Crippen molar-refractivity contribution in [3.63, 3.8) is 0 Å². The van der Waals surface area contributed by atoms with E-state index in [1.165, 1.54) is 11.1 Å². The van der Waals surface area contributed by atoms with Crippen molar-refractivity contribution in [1.82, 2.24) is 20.2 Å². The lowest BCUT2D eigenvalue weighted by Gasteiger charge is -2.20. The molecular formula is C25H27FN4O2. The second-order valence-electron chi connectivity index (χ2n) is 8.29. The topological polar surface area (TPSA) is 78.4 Å². The maximum absolute atomic E-state index is 13.8. The third-order valence-electron chi connectivity index (χ3n) is 5.96. The second-order valence-corrected chi connectivity index (χ2v) is 8.29. The zero-order valence-electron chi connectivity index (χ0n) is 18.0. The molecule has 166 valence electrons. The van der Waals surface area contributed by atoms with Crippen LogP contribution in [-0.4, -0.2) is 45.0 Å². The van der Waals surface area contributed by atoms with Crippen LogP contribution in [0.1, 0.15) is 46.0 Å². The Morgan fingerprint density at radius 3 is 2.69 bits per heavy atom. The van der Waals surface area contributed by atoms with Gasteiger partial charge in [-0.05, 0) is 49.1 Å². The van der Waals surface area contributed by atoms with Gasteiger partial charge in [0.1, 0.15) is 0 Å². The van der Waals surface area contributed by atoms with Crippen LogP contribution in [0.15, 0.2) is 67.1 Å². The molecule has 4 rings (SSSR count). The third-order valence-corrected chi connectivity index (χ3v) is 5.96. The molecule has 3 heterocycles. The normalized spacial score (nSPS) is 19.0. The Kier molecular flexibility index (Phi) is 6.87. The van der Waals surface area contributed by atoms with E-state index in [0.717, 1.165) is 30.4 Å². The maximum atomic E-state index is 13.8. The van der Waals surface area contributed by atoms with Crippen LogP contribution in [0.2, 0.25) is 0 Å². The number of pyridine rings is 2. The summed E-state index contributed by atoms with van der Waals surface area (Å²) in [4.78, 5) is 21.9. The molecule has 7 heteroatoms. The fraction of sp³-hybridized carbons (Fsp3) is 0.320. The van der Waals surface area contributed by atoms with Crippen LogP contribution in [0.4, 0.5) is 4.39 Å². The van der Waals surface area contributed by atoms with E-state index in [9.17, 15) is 14.3 Å². The SMILES string of the molecule is CN(Cc1cccnc1F)C(=O)c1ccc(C[C@@H]2CC[C@H](C(O)c3cccnc3)N2)cc1. The van der Waals surface area contributed by atoms with Gasteiger partial charge in [0.05, 0.1) is 12.6 Å². The number of aliphatic hydroxyl groups is 1. The average Bonchev–Trinajstić information content (AvgIpc) is 3.29. The van der Waals surface area contributed by atoms with Crippen molar-refractivity contribution < 1.29 is 14.3 Å². The summed E-state index contributed by atoms with van der Waals surface area (Å²) < 4.78 is 13.8. The summed E-state index contributed by atoms with van der Waals surface area (Å²) in [6, 6.07) is 14.8. The molecule has 0 bridgehead atoms. The van der Waals surface area contributed by atoms with Gasteiger partial charge in [-0.15, -0.1) is 0 Å². The Labute approximate surface area is 187 Å². The Morgan fingerprint density at radius 2 is 1.97 bits per heavy atom. The molecule has 2 aromatic heterocycles. The number of hydrogen-bond donors (Lipinski definition) is 2. The van der Waals surface area contributed by atoms with Crippen LogP contribution in [0, 0.1) is 5.95 Å². The molecule has 0 aliphatic carbocycles. The Bertz CT molecular complexity index is 1050. The molecule has 1 aliphatic heterocycles. The van der Waals surface area contributed by atoms with Crippen molar-refractivity contribution in [3.05, 3.63) is 95.3 Å². The molecule has 0 radical (unpaired) electrons. The molecule has 1 aromatic carbocycles. The molecule has 6 nitrogen and oxygen atoms in total. The molecule has 1 saturated heterocycles. The summed E-state index contributed by atoms with van der Waals surface area (Å²) in [5.41, 5.74) is 2.89. The van der Waals surface area contributed by atoms with Crippen molar-refractivity contribution in [1.29, 1.82) is 0 Å². The van der Waals surface area contributed by atoms with Gasteiger partial charge in [0.2, 0.25) is 5.95 Å². The quantitative estimate of drug-likeness (QED) is 0.558. The molecule has 0 saturated carbocycles. The first-order valence-corrected chi connectivity index (χ1v) is 10.8. The smallest absolute Gasteiger partial charge is 0.253 e. The number of amides is 1. The zero-order chi connectivity index (χ0) is 22.5. The maximum Gasteiger partial charge on any atom is 0.253 e. The number of benzene rings is 1. The highest BCUT2D eigenvalue weighted by Gasteiger charge is 2.30. The predicted octanol–water partition coefficient (Wildman–Crippen LogP) is 3.28. The summed E-state index contributed by atoms with van der Waals surface area (Å²) in [5, 5.41) is 14.1. The molecule has 2 N–H and O–H groups in total. The van der Waals surface area contributed by atoms with Gasteiger partial charge in [-0.3, -0.25) is 9.78 Å². The van der Waals surface area contributed by atoms with Gasteiger partial charge in [-0.25, -0.2) is 4.98 Å². The number of carbonyl (C=O) groups is 1. The van der Waals surface area contributed by atoms with E-state index in [-0.39, 0.29) is 24.5 Å². The van der Waals surface area contributed by atoms with Gasteiger partial charge < -0.3 is 15.3 Å². The van der Waals surface area contributed by atoms with Crippen LogP contribution in [0.25, 0.3) is 0 Å². The highest BCUT2D eigenvalue weighted by atomic mass is 19.1. The molecule has 1 unspecified atom stereocenters. The van der Waals surface area contributed by atoms with E-state index in [1.807, 2.05) is 36.4 Å². The summed E-state index contributed by atoms with van der Waals surface area (Å²) in [6.07, 6.45) is 6.91. The minimum absolute atomic E-state index is 0.00609. The van der Waals surface area contributed by atoms with Crippen molar-refractivity contribution >= 4 is 5.91 Å². The Balaban J connectivity index is 1.32. The van der Waals surface area contributed by atoms with Crippen LogP contribution in [0.5, 0.6) is 0 Å². The lowest BCUT2D eigenvalue weighted by atomic mass is 10.0. The number of nitrogens with zero attached hydrogens (tertiary/aromatic N) is 3. The van der Waals surface area contributed by atoms with Gasteiger partial charge in [0, 0.05) is 54.4 Å². The largest absolute Gasteiger partial charge is 0.387 e. The van der Waals surface area contributed by atoms with Crippen molar-refractivity contribution in [3.8, 4) is 0 Å². The fourth-order valence-electron chi connectivity index (χ4n) is 4.20. The highest BCUT2D eigenvalue weighted by molar-refractivity contribution is 5.94. The number of hydrogen-bond acceptors (Lipinski definition) is 5. The minimum atomic E-state index is -0.575. The summed E-state index contributed by atoms with van der Waals surface area (Å²) in [7, 11) is 1.65. The van der Waals surface area contributed by atoms with Crippen molar-refractivity contribution in [2.75, 3.05) is 7.05 Å². The number of carbonyl (C=O) groups excluding carboxylic acids is 1. The lowest BCUT2D eigenvalue weighted by Crippen LogP contribution is -2.35. The standard InChI is InChI=1S/C25H27FN4O2/c1-30(16-20-5-3-13-28-24(20)26)25(32)18-8-6-17(7-9-18)14-21-10-11-22(29-21)23(31)19-4-2-12-27-15-19/h2-9,12-13,15,21-23,29,31H,10-11,14,16H2,1H3/t21-,22+,23?/m0/s1. The van der Waals surface area contributed by atoms with Gasteiger partial charge in [0.15, 0.2) is 0 Å². The molecule has 0 spiro atoms. The number of aromatic nitrogens is 2. The van der Waals surface area contributed by atoms with E-state index < -0.39 is 12.1 Å². The zero-order valence-corrected chi connectivity index (χ0v) is 18.0. The van der Waals surface area contributed by atoms with E-state index in [4.69, 9.17) is 0 Å². The van der Waals surface area contributed by atoms with Crippen molar-refractivity contribution in [2.24, 2.45) is 0 Å². The number of nitrogens with one attached hydrogen (secondary N) is 1. The molecule has 1 amide bonds. The first-order chi connectivity index (χ1) is 15.5. The summed E-state index contributed by atoms with van der Waals surface area (Å²) in [5.74, 6) is -0.725. The Morgan fingerprint density at radius 1 is 1.19 bits per heavy atom. The monoisotopic (exact) mass is 434 g/mol. The van der Waals surface area contributed by atoms with Gasteiger partial charge in [-0.2, -0.15) is 4.39 Å². The van der Waals surface area contributed by atoms with Gasteiger partial charge >= 0.3 is 0 Å². The van der Waals surface area contributed by atoms with Crippen molar-refractivity contribution in [2.45, 2.75) is 44.0 Å². The molecule has 32 heavy (non-hydrogen) atoms. The van der Waals surface area contributed by atoms with Crippen LogP contribution < -0.4 is 5.32 Å². The number of aliphatic hydroxyl groups excluding tert-OH is 1. The summed E-state index contributed by atoms with van der Waals surface area (Å²) in [6.45, 7) is 0.160. The molecule has 1 fully saturated rings. The third kappa shape index (κ3) is 5.18. The van der Waals surface area contributed by atoms with Crippen LogP contribution >= 0.6 is 0 Å². The highest BCUT2D eigenvalue weighted by Crippen LogP contribution is 2.26.